The molecule has 0 fully saturated rings. The van der Waals surface area contributed by atoms with E-state index >= 15 is 0 Å². The summed E-state index contributed by atoms with van der Waals surface area (Å²) in [7, 11) is 0. The molecule has 1 amide bonds. The van der Waals surface area contributed by atoms with Crippen molar-refractivity contribution in [3.63, 3.8) is 0 Å². The van der Waals surface area contributed by atoms with E-state index in [1.54, 1.807) is 30.6 Å². The molecule has 9 heteroatoms. The van der Waals surface area contributed by atoms with Crippen molar-refractivity contribution in [1.82, 2.24) is 19.4 Å². The maximum Gasteiger partial charge on any atom is 0.293 e. The van der Waals surface area contributed by atoms with Crippen molar-refractivity contribution in [3.05, 3.63) is 60.0 Å². The fraction of sp³-hybridized carbons (Fsp3) is 0.304. The molecule has 8 nitrogen and oxygen atoms in total. The van der Waals surface area contributed by atoms with Crippen LogP contribution in [0.5, 0.6) is 0 Å². The monoisotopic (exact) mass is 436 g/mol. The molecule has 3 aromatic heterocycles. The second-order valence-electron chi connectivity index (χ2n) is 8.89. The summed E-state index contributed by atoms with van der Waals surface area (Å²) in [6.07, 6.45) is 5.27. The van der Waals surface area contributed by atoms with Crippen LogP contribution < -0.4 is 10.6 Å². The lowest BCUT2D eigenvalue weighted by molar-refractivity contribution is 0.0994. The van der Waals surface area contributed by atoms with E-state index in [-0.39, 0.29) is 16.7 Å². The number of imidazole rings is 1. The lowest BCUT2D eigenvalue weighted by Gasteiger charge is -2.19. The average Bonchev–Trinajstić information content (AvgIpc) is 3.29. The fourth-order valence-electron chi connectivity index (χ4n) is 3.20. The Kier molecular flexibility index (Phi) is 5.41. The predicted octanol–water partition coefficient (Wildman–Crippen LogP) is 4.85. The number of carbonyl (C=O) groups excluding carboxylic acids is 1. The van der Waals surface area contributed by atoms with Crippen LogP contribution in [0.15, 0.2) is 41.2 Å². The van der Waals surface area contributed by atoms with Crippen molar-refractivity contribution in [2.24, 2.45) is 5.41 Å². The van der Waals surface area contributed by atoms with Crippen molar-refractivity contribution in [1.29, 1.82) is 0 Å². The number of aromatic nitrogens is 4. The first-order valence-corrected chi connectivity index (χ1v) is 10.2. The molecule has 4 rings (SSSR count). The minimum absolute atomic E-state index is 0.117. The van der Waals surface area contributed by atoms with Crippen LogP contribution in [-0.2, 0) is 0 Å². The highest BCUT2D eigenvalue weighted by molar-refractivity contribution is 6.03. The molecule has 0 saturated heterocycles. The Morgan fingerprint density at radius 2 is 1.94 bits per heavy atom. The van der Waals surface area contributed by atoms with E-state index in [0.29, 0.717) is 28.7 Å². The second-order valence-corrected chi connectivity index (χ2v) is 8.89. The lowest BCUT2D eigenvalue weighted by Crippen LogP contribution is -2.19. The van der Waals surface area contributed by atoms with E-state index < -0.39 is 11.7 Å². The van der Waals surface area contributed by atoms with Crippen LogP contribution in [0, 0.1) is 25.1 Å². The third-order valence-corrected chi connectivity index (χ3v) is 4.74. The van der Waals surface area contributed by atoms with Crippen LogP contribution in [0.4, 0.5) is 15.8 Å². The number of carbonyl (C=O) groups is 1. The highest BCUT2D eigenvalue weighted by Crippen LogP contribution is 2.26. The largest absolute Gasteiger partial charge is 0.436 e. The summed E-state index contributed by atoms with van der Waals surface area (Å²) in [4.78, 5) is 25.4. The van der Waals surface area contributed by atoms with Crippen LogP contribution in [0.25, 0.3) is 17.0 Å². The van der Waals surface area contributed by atoms with Gasteiger partial charge in [-0.05, 0) is 30.5 Å². The third kappa shape index (κ3) is 4.61. The highest BCUT2D eigenvalue weighted by atomic mass is 19.1. The molecule has 4 aromatic rings. The van der Waals surface area contributed by atoms with E-state index in [1.165, 1.54) is 18.2 Å². The molecule has 0 atom stereocenters. The summed E-state index contributed by atoms with van der Waals surface area (Å²) < 4.78 is 21.7. The van der Waals surface area contributed by atoms with Gasteiger partial charge in [0.1, 0.15) is 5.82 Å². The number of benzene rings is 1. The van der Waals surface area contributed by atoms with Gasteiger partial charge in [-0.3, -0.25) is 9.20 Å². The van der Waals surface area contributed by atoms with Gasteiger partial charge in [0.2, 0.25) is 11.5 Å². The first-order valence-electron chi connectivity index (χ1n) is 10.2. The number of amides is 1. The zero-order valence-corrected chi connectivity index (χ0v) is 18.7. The van der Waals surface area contributed by atoms with Gasteiger partial charge in [0.15, 0.2) is 5.89 Å². The van der Waals surface area contributed by atoms with E-state index in [0.717, 1.165) is 12.2 Å². The smallest absolute Gasteiger partial charge is 0.293 e. The van der Waals surface area contributed by atoms with Gasteiger partial charge in [-0.2, -0.15) is 0 Å². The van der Waals surface area contributed by atoms with Crippen LogP contribution in [0.3, 0.4) is 0 Å². The molecule has 2 N–H and O–H groups in total. The number of fused-ring (bicyclic) bond motifs is 1. The zero-order valence-electron chi connectivity index (χ0n) is 18.7. The molecule has 0 bridgehead atoms. The number of nitrogens with zero attached hydrogens (tertiary/aromatic N) is 4. The lowest BCUT2D eigenvalue weighted by atomic mass is 9.97. The summed E-state index contributed by atoms with van der Waals surface area (Å²) in [6.45, 7) is 10.6. The number of halogens is 1. The Labute approximate surface area is 184 Å². The van der Waals surface area contributed by atoms with Gasteiger partial charge < -0.3 is 15.1 Å². The van der Waals surface area contributed by atoms with E-state index in [4.69, 9.17) is 4.42 Å². The van der Waals surface area contributed by atoms with Gasteiger partial charge in [0.25, 0.3) is 5.91 Å². The van der Waals surface area contributed by atoms with Crippen LogP contribution in [0.1, 0.15) is 42.9 Å². The number of hydrogen-bond donors (Lipinski definition) is 2. The van der Waals surface area contributed by atoms with Crippen LogP contribution >= 0.6 is 0 Å². The summed E-state index contributed by atoms with van der Waals surface area (Å²) in [5.74, 6) is 0.0700. The molecular formula is C23H25FN6O2. The normalized spacial score (nSPS) is 11.7. The zero-order chi connectivity index (χ0) is 23.0. The molecule has 0 radical (unpaired) electrons. The molecule has 0 aliphatic carbocycles. The molecule has 166 valence electrons. The maximum absolute atomic E-state index is 14.6. The van der Waals surface area contributed by atoms with Crippen LogP contribution in [-0.4, -0.2) is 31.8 Å². The summed E-state index contributed by atoms with van der Waals surface area (Å²) in [5, 5.41) is 6.07. The SMILES string of the molecule is Cc1nc(C)c(C(=O)Nc2ccc(F)c(-c3cn4cc(NCC(C)(C)C)cnc4n3)c2)o1. The van der Waals surface area contributed by atoms with Gasteiger partial charge in [0.05, 0.1) is 23.3 Å². The van der Waals surface area contributed by atoms with Crippen molar-refractivity contribution >= 4 is 23.1 Å². The molecular weight excluding hydrogens is 411 g/mol. The molecule has 32 heavy (non-hydrogen) atoms. The predicted molar refractivity (Wildman–Crippen MR) is 120 cm³/mol. The molecule has 0 unspecified atom stereocenters. The van der Waals surface area contributed by atoms with Crippen molar-refractivity contribution in [3.8, 4) is 11.3 Å². The standard InChI is InChI=1S/C23H25FN6O2/c1-13-20(32-14(2)27-13)21(31)28-15-6-7-18(24)17(8-15)19-11-30-10-16(9-25-22(30)29-19)26-12-23(3,4)5/h6-11,26H,12H2,1-5H3,(H,28,31). The quantitative estimate of drug-likeness (QED) is 0.464. The average molecular weight is 436 g/mol. The molecule has 0 aliphatic heterocycles. The Bertz CT molecular complexity index is 1300. The molecule has 3 heterocycles. The Morgan fingerprint density at radius 3 is 2.62 bits per heavy atom. The van der Waals surface area contributed by atoms with Crippen molar-refractivity contribution < 1.29 is 13.6 Å². The summed E-state index contributed by atoms with van der Waals surface area (Å²) >= 11 is 0. The second kappa shape index (κ2) is 8.07. The first-order chi connectivity index (χ1) is 15.1. The Morgan fingerprint density at radius 1 is 1.16 bits per heavy atom. The number of oxazole rings is 1. The van der Waals surface area contributed by atoms with E-state index in [2.05, 4.69) is 46.4 Å². The maximum atomic E-state index is 14.6. The van der Waals surface area contributed by atoms with E-state index in [1.807, 2.05) is 6.20 Å². The topological polar surface area (TPSA) is 97.4 Å². The molecule has 0 aliphatic rings. The van der Waals surface area contributed by atoms with Crippen molar-refractivity contribution in [2.75, 3.05) is 17.2 Å². The molecule has 0 spiro atoms. The fourth-order valence-corrected chi connectivity index (χ4v) is 3.20. The van der Waals surface area contributed by atoms with Crippen molar-refractivity contribution in [2.45, 2.75) is 34.6 Å². The minimum atomic E-state index is -0.454. The highest BCUT2D eigenvalue weighted by Gasteiger charge is 2.18. The van der Waals surface area contributed by atoms with E-state index in [9.17, 15) is 9.18 Å². The third-order valence-electron chi connectivity index (χ3n) is 4.74. The minimum Gasteiger partial charge on any atom is -0.436 e. The number of nitrogens with one attached hydrogen (secondary N) is 2. The van der Waals surface area contributed by atoms with Crippen LogP contribution in [0.2, 0.25) is 0 Å². The van der Waals surface area contributed by atoms with Gasteiger partial charge >= 0.3 is 0 Å². The Balaban J connectivity index is 1.60. The number of hydrogen-bond acceptors (Lipinski definition) is 6. The van der Waals surface area contributed by atoms with Gasteiger partial charge in [-0.15, -0.1) is 0 Å². The summed E-state index contributed by atoms with van der Waals surface area (Å²) in [5.41, 5.74) is 2.53. The number of rotatable bonds is 5. The first kappa shape index (κ1) is 21.5. The van der Waals surface area contributed by atoms with Gasteiger partial charge in [0, 0.05) is 37.1 Å². The summed E-state index contributed by atoms with van der Waals surface area (Å²) in [6, 6.07) is 4.31. The van der Waals surface area contributed by atoms with Gasteiger partial charge in [-0.25, -0.2) is 19.3 Å². The number of anilines is 2. The number of aryl methyl sites for hydroxylation is 2. The Hall–Kier alpha value is -3.75. The molecule has 0 saturated carbocycles. The molecule has 1 aromatic carbocycles. The van der Waals surface area contributed by atoms with Gasteiger partial charge in [-0.1, -0.05) is 20.8 Å².